The summed E-state index contributed by atoms with van der Waals surface area (Å²) in [6, 6.07) is 26.6. The van der Waals surface area contributed by atoms with Crippen molar-refractivity contribution >= 4 is 17.7 Å². The summed E-state index contributed by atoms with van der Waals surface area (Å²) in [5.41, 5.74) is 5.29. The highest BCUT2D eigenvalue weighted by molar-refractivity contribution is 7.98. The molecular formula is C28H30N4OS. The van der Waals surface area contributed by atoms with Crippen molar-refractivity contribution in [3.05, 3.63) is 107 Å². The molecule has 0 aliphatic carbocycles. The fourth-order valence-corrected chi connectivity index (χ4v) is 4.57. The lowest BCUT2D eigenvalue weighted by atomic mass is 10.1. The Balaban J connectivity index is 1.54. The summed E-state index contributed by atoms with van der Waals surface area (Å²) >= 11 is 1.65. The maximum Gasteiger partial charge on any atom is 0.251 e. The number of aryl methyl sites for hydroxylation is 1. The molecule has 0 bridgehead atoms. The molecule has 1 N–H and O–H groups in total. The molecule has 1 heterocycles. The third-order valence-electron chi connectivity index (χ3n) is 5.84. The zero-order chi connectivity index (χ0) is 23.9. The Bertz CT molecular complexity index is 1240. The minimum absolute atomic E-state index is 0.0293. The highest BCUT2D eigenvalue weighted by Crippen LogP contribution is 2.28. The number of thioether (sulfide) groups is 1. The van der Waals surface area contributed by atoms with Gasteiger partial charge in [0, 0.05) is 23.8 Å². The maximum absolute atomic E-state index is 12.4. The van der Waals surface area contributed by atoms with Crippen LogP contribution in [0.1, 0.15) is 53.1 Å². The fraction of sp³-hybridized carbons (Fsp3) is 0.250. The van der Waals surface area contributed by atoms with E-state index in [1.165, 1.54) is 11.1 Å². The summed E-state index contributed by atoms with van der Waals surface area (Å²) in [5, 5.41) is 13.0. The number of hydrogen-bond acceptors (Lipinski definition) is 4. The van der Waals surface area contributed by atoms with Gasteiger partial charge in [0.05, 0.1) is 5.69 Å². The molecular weight excluding hydrogens is 440 g/mol. The van der Waals surface area contributed by atoms with Gasteiger partial charge in [-0.05, 0) is 55.2 Å². The van der Waals surface area contributed by atoms with Crippen LogP contribution in [0.25, 0.3) is 5.69 Å². The SMILES string of the molecule is CCC(C)NC(=O)c1ccc(CSc2nnc(Cc3ccccc3)n2-c2ccccc2C)cc1. The zero-order valence-electron chi connectivity index (χ0n) is 19.9. The maximum atomic E-state index is 12.4. The zero-order valence-corrected chi connectivity index (χ0v) is 20.7. The number of carbonyl (C=O) groups is 1. The largest absolute Gasteiger partial charge is 0.350 e. The number of nitrogens with zero attached hydrogens (tertiary/aromatic N) is 3. The first-order valence-corrected chi connectivity index (χ1v) is 12.6. The first kappa shape index (κ1) is 23.8. The van der Waals surface area contributed by atoms with Crippen LogP contribution in [0.15, 0.2) is 84.0 Å². The summed E-state index contributed by atoms with van der Waals surface area (Å²) in [6.07, 6.45) is 1.62. The van der Waals surface area contributed by atoms with E-state index in [0.29, 0.717) is 12.0 Å². The van der Waals surface area contributed by atoms with Crippen LogP contribution in [0.5, 0.6) is 0 Å². The monoisotopic (exact) mass is 470 g/mol. The first-order chi connectivity index (χ1) is 16.5. The molecule has 4 rings (SSSR count). The van der Waals surface area contributed by atoms with Gasteiger partial charge in [0.2, 0.25) is 0 Å². The lowest BCUT2D eigenvalue weighted by molar-refractivity contribution is 0.0939. The van der Waals surface area contributed by atoms with Crippen LogP contribution in [-0.4, -0.2) is 26.7 Å². The lowest BCUT2D eigenvalue weighted by Gasteiger charge is -2.13. The van der Waals surface area contributed by atoms with Gasteiger partial charge < -0.3 is 5.32 Å². The van der Waals surface area contributed by atoms with E-state index in [0.717, 1.165) is 34.4 Å². The normalized spacial score (nSPS) is 11.9. The molecule has 3 aromatic carbocycles. The summed E-state index contributed by atoms with van der Waals surface area (Å²) < 4.78 is 2.17. The van der Waals surface area contributed by atoms with Crippen LogP contribution in [-0.2, 0) is 12.2 Å². The quantitative estimate of drug-likeness (QED) is 0.305. The van der Waals surface area contributed by atoms with Gasteiger partial charge in [-0.15, -0.1) is 10.2 Å². The van der Waals surface area contributed by atoms with Gasteiger partial charge in [-0.3, -0.25) is 9.36 Å². The van der Waals surface area contributed by atoms with E-state index in [1.54, 1.807) is 11.8 Å². The first-order valence-electron chi connectivity index (χ1n) is 11.6. The van der Waals surface area contributed by atoms with Gasteiger partial charge in [-0.2, -0.15) is 0 Å². The molecule has 0 aliphatic rings. The Hall–Kier alpha value is -3.38. The summed E-state index contributed by atoms with van der Waals surface area (Å²) in [6.45, 7) is 6.19. The molecule has 0 saturated heterocycles. The van der Waals surface area contributed by atoms with Crippen LogP contribution in [0, 0.1) is 6.92 Å². The lowest BCUT2D eigenvalue weighted by Crippen LogP contribution is -2.31. The van der Waals surface area contributed by atoms with E-state index in [2.05, 4.69) is 58.2 Å². The molecule has 0 saturated carbocycles. The number of nitrogens with one attached hydrogen (secondary N) is 1. The molecule has 0 aliphatic heterocycles. The topological polar surface area (TPSA) is 59.8 Å². The molecule has 6 heteroatoms. The molecule has 174 valence electrons. The summed E-state index contributed by atoms with van der Waals surface area (Å²) in [7, 11) is 0. The Labute approximate surface area is 205 Å². The number of aromatic nitrogens is 3. The van der Waals surface area contributed by atoms with E-state index < -0.39 is 0 Å². The number of hydrogen-bond donors (Lipinski definition) is 1. The van der Waals surface area contributed by atoms with Crippen molar-refractivity contribution in [2.75, 3.05) is 0 Å². The van der Waals surface area contributed by atoms with E-state index in [-0.39, 0.29) is 11.9 Å². The third kappa shape index (κ3) is 5.75. The molecule has 0 radical (unpaired) electrons. The third-order valence-corrected chi connectivity index (χ3v) is 6.84. The van der Waals surface area contributed by atoms with Gasteiger partial charge in [0.25, 0.3) is 5.91 Å². The standard InChI is InChI=1S/C28H30N4OS/c1-4-21(3)29-27(33)24-16-14-23(15-17-24)19-34-28-31-30-26(18-22-11-6-5-7-12-22)32(28)25-13-9-8-10-20(25)2/h5-17,21H,4,18-19H2,1-3H3,(H,29,33). The van der Waals surface area contributed by atoms with Gasteiger partial charge in [-0.25, -0.2) is 0 Å². The highest BCUT2D eigenvalue weighted by Gasteiger charge is 2.17. The molecule has 34 heavy (non-hydrogen) atoms. The fourth-order valence-electron chi connectivity index (χ4n) is 3.65. The molecule has 0 spiro atoms. The smallest absolute Gasteiger partial charge is 0.251 e. The second-order valence-corrected chi connectivity index (χ2v) is 9.39. The Morgan fingerprint density at radius 1 is 0.941 bits per heavy atom. The minimum atomic E-state index is -0.0293. The average Bonchev–Trinajstić information content (AvgIpc) is 3.25. The summed E-state index contributed by atoms with van der Waals surface area (Å²) in [4.78, 5) is 12.4. The Kier molecular flexibility index (Phi) is 7.80. The van der Waals surface area contributed by atoms with Crippen molar-refractivity contribution in [1.29, 1.82) is 0 Å². The van der Waals surface area contributed by atoms with Crippen LogP contribution < -0.4 is 5.32 Å². The molecule has 1 unspecified atom stereocenters. The molecule has 1 amide bonds. The second kappa shape index (κ2) is 11.2. The van der Waals surface area contributed by atoms with Crippen LogP contribution in [0.4, 0.5) is 0 Å². The Morgan fingerprint density at radius 2 is 1.65 bits per heavy atom. The van der Waals surface area contributed by atoms with Gasteiger partial charge in [0.15, 0.2) is 5.16 Å². The van der Waals surface area contributed by atoms with Crippen molar-refractivity contribution in [1.82, 2.24) is 20.1 Å². The van der Waals surface area contributed by atoms with Crippen molar-refractivity contribution in [3.63, 3.8) is 0 Å². The van der Waals surface area contributed by atoms with Gasteiger partial charge in [-0.1, -0.05) is 79.3 Å². The average molecular weight is 471 g/mol. The van der Waals surface area contributed by atoms with E-state index in [9.17, 15) is 4.79 Å². The predicted molar refractivity (Wildman–Crippen MR) is 139 cm³/mol. The number of rotatable bonds is 9. The number of amides is 1. The van der Waals surface area contributed by atoms with E-state index >= 15 is 0 Å². The van der Waals surface area contributed by atoms with Crippen molar-refractivity contribution in [2.45, 2.75) is 50.6 Å². The van der Waals surface area contributed by atoms with Crippen LogP contribution in [0.3, 0.4) is 0 Å². The molecule has 4 aromatic rings. The van der Waals surface area contributed by atoms with Crippen molar-refractivity contribution < 1.29 is 4.79 Å². The second-order valence-electron chi connectivity index (χ2n) is 8.45. The Morgan fingerprint density at radius 3 is 2.35 bits per heavy atom. The van der Waals surface area contributed by atoms with E-state index in [1.807, 2.05) is 61.5 Å². The molecule has 0 fully saturated rings. The molecule has 1 atom stereocenters. The van der Waals surface area contributed by atoms with Gasteiger partial charge in [0.1, 0.15) is 5.82 Å². The van der Waals surface area contributed by atoms with Gasteiger partial charge >= 0.3 is 0 Å². The van der Waals surface area contributed by atoms with Crippen LogP contribution in [0.2, 0.25) is 0 Å². The minimum Gasteiger partial charge on any atom is -0.350 e. The van der Waals surface area contributed by atoms with Crippen molar-refractivity contribution in [3.8, 4) is 5.69 Å². The van der Waals surface area contributed by atoms with Crippen molar-refractivity contribution in [2.24, 2.45) is 0 Å². The number of para-hydroxylation sites is 1. The molecule has 5 nitrogen and oxygen atoms in total. The predicted octanol–water partition coefficient (Wildman–Crippen LogP) is 5.99. The highest BCUT2D eigenvalue weighted by atomic mass is 32.2. The number of benzene rings is 3. The van der Waals surface area contributed by atoms with Crippen LogP contribution >= 0.6 is 11.8 Å². The van der Waals surface area contributed by atoms with E-state index in [4.69, 9.17) is 0 Å². The molecule has 1 aromatic heterocycles. The summed E-state index contributed by atoms with van der Waals surface area (Å²) in [5.74, 6) is 1.63. The number of carbonyl (C=O) groups excluding carboxylic acids is 1.